The Bertz CT molecular complexity index is 728. The second-order valence-electron chi connectivity index (χ2n) is 4.71. The van der Waals surface area contributed by atoms with Crippen molar-refractivity contribution in [1.29, 1.82) is 0 Å². The van der Waals surface area contributed by atoms with Gasteiger partial charge in [0.25, 0.3) is 0 Å². The molecule has 0 unspecified atom stereocenters. The van der Waals surface area contributed by atoms with Gasteiger partial charge in [-0.25, -0.2) is 8.42 Å². The minimum Gasteiger partial charge on any atom is -0.385 e. The number of hydrogen-bond acceptors (Lipinski definition) is 3. The minimum atomic E-state index is -3.15. The second kappa shape index (κ2) is 6.69. The number of benzene rings is 2. The highest BCUT2D eigenvalue weighted by atomic mass is 35.5. The molecule has 2 aromatic carbocycles. The SMILES string of the molecule is CS(=O)(=O)c1ccc(NCCc2ccc(Cl)cc2Cl)cc1. The fourth-order valence-electron chi connectivity index (χ4n) is 1.89. The highest BCUT2D eigenvalue weighted by Gasteiger charge is 2.06. The van der Waals surface area contributed by atoms with E-state index in [0.717, 1.165) is 17.7 Å². The van der Waals surface area contributed by atoms with Gasteiger partial charge in [-0.15, -0.1) is 0 Å². The Morgan fingerprint density at radius 2 is 1.71 bits per heavy atom. The third-order valence-electron chi connectivity index (χ3n) is 3.02. The molecule has 0 aromatic heterocycles. The monoisotopic (exact) mass is 343 g/mol. The summed E-state index contributed by atoms with van der Waals surface area (Å²) in [4.78, 5) is 0.314. The molecule has 1 N–H and O–H groups in total. The van der Waals surface area contributed by atoms with E-state index < -0.39 is 9.84 Å². The van der Waals surface area contributed by atoms with Crippen molar-refractivity contribution in [1.82, 2.24) is 0 Å². The molecule has 0 spiro atoms. The lowest BCUT2D eigenvalue weighted by molar-refractivity contribution is 0.602. The van der Waals surface area contributed by atoms with E-state index in [0.29, 0.717) is 21.5 Å². The first-order chi connectivity index (χ1) is 9.86. The zero-order valence-corrected chi connectivity index (χ0v) is 13.8. The quantitative estimate of drug-likeness (QED) is 0.890. The third-order valence-corrected chi connectivity index (χ3v) is 4.74. The number of anilines is 1. The van der Waals surface area contributed by atoms with Crippen LogP contribution in [0.4, 0.5) is 5.69 Å². The molecular formula is C15H15Cl2NO2S. The van der Waals surface area contributed by atoms with Gasteiger partial charge < -0.3 is 5.32 Å². The number of halogens is 2. The Labute approximate surface area is 134 Å². The van der Waals surface area contributed by atoms with Gasteiger partial charge in [0.1, 0.15) is 0 Å². The smallest absolute Gasteiger partial charge is 0.175 e. The van der Waals surface area contributed by atoms with Crippen LogP contribution in [-0.2, 0) is 16.3 Å². The molecule has 0 atom stereocenters. The van der Waals surface area contributed by atoms with Crippen molar-refractivity contribution in [3.8, 4) is 0 Å². The van der Waals surface area contributed by atoms with Crippen molar-refractivity contribution in [3.63, 3.8) is 0 Å². The van der Waals surface area contributed by atoms with Crippen LogP contribution in [0, 0.1) is 0 Å². The Morgan fingerprint density at radius 3 is 2.29 bits per heavy atom. The van der Waals surface area contributed by atoms with Gasteiger partial charge in [-0.2, -0.15) is 0 Å². The van der Waals surface area contributed by atoms with E-state index in [-0.39, 0.29) is 0 Å². The molecule has 0 radical (unpaired) electrons. The van der Waals surface area contributed by atoms with Crippen molar-refractivity contribution in [3.05, 3.63) is 58.1 Å². The largest absolute Gasteiger partial charge is 0.385 e. The zero-order chi connectivity index (χ0) is 15.5. The van der Waals surface area contributed by atoms with Gasteiger partial charge in [0.05, 0.1) is 4.90 Å². The predicted molar refractivity (Wildman–Crippen MR) is 88.2 cm³/mol. The predicted octanol–water partition coefficient (Wildman–Crippen LogP) is 4.05. The first-order valence-electron chi connectivity index (χ1n) is 6.34. The average molecular weight is 344 g/mol. The third kappa shape index (κ3) is 4.63. The summed E-state index contributed by atoms with van der Waals surface area (Å²) < 4.78 is 22.7. The molecule has 0 aliphatic carbocycles. The summed E-state index contributed by atoms with van der Waals surface area (Å²) in [5.41, 5.74) is 1.88. The first kappa shape index (κ1) is 16.1. The normalized spacial score (nSPS) is 11.4. The Hall–Kier alpha value is -1.23. The Kier molecular flexibility index (Phi) is 5.14. The lowest BCUT2D eigenvalue weighted by Crippen LogP contribution is -2.05. The number of sulfone groups is 1. The maximum atomic E-state index is 11.4. The van der Waals surface area contributed by atoms with Gasteiger partial charge in [-0.05, 0) is 48.4 Å². The van der Waals surface area contributed by atoms with E-state index in [1.807, 2.05) is 12.1 Å². The minimum absolute atomic E-state index is 0.314. The van der Waals surface area contributed by atoms with Crippen molar-refractivity contribution >= 4 is 38.7 Å². The van der Waals surface area contributed by atoms with Crippen LogP contribution in [0.3, 0.4) is 0 Å². The Morgan fingerprint density at radius 1 is 1.05 bits per heavy atom. The molecule has 0 heterocycles. The fourth-order valence-corrected chi connectivity index (χ4v) is 3.02. The zero-order valence-electron chi connectivity index (χ0n) is 11.4. The average Bonchev–Trinajstić information content (AvgIpc) is 2.41. The van der Waals surface area contributed by atoms with E-state index in [1.165, 1.54) is 6.26 Å². The lowest BCUT2D eigenvalue weighted by atomic mass is 10.1. The second-order valence-corrected chi connectivity index (χ2v) is 7.57. The van der Waals surface area contributed by atoms with Crippen LogP contribution < -0.4 is 5.32 Å². The van der Waals surface area contributed by atoms with Gasteiger partial charge in [-0.3, -0.25) is 0 Å². The van der Waals surface area contributed by atoms with Crippen LogP contribution in [0.5, 0.6) is 0 Å². The van der Waals surface area contributed by atoms with Crippen molar-refractivity contribution in [2.45, 2.75) is 11.3 Å². The molecule has 0 saturated carbocycles. The van der Waals surface area contributed by atoms with Crippen molar-refractivity contribution in [2.75, 3.05) is 18.1 Å². The molecule has 0 fully saturated rings. The molecule has 6 heteroatoms. The molecule has 2 aromatic rings. The van der Waals surface area contributed by atoms with Crippen molar-refractivity contribution < 1.29 is 8.42 Å². The van der Waals surface area contributed by atoms with E-state index >= 15 is 0 Å². The Balaban J connectivity index is 1.94. The molecule has 2 rings (SSSR count). The maximum Gasteiger partial charge on any atom is 0.175 e. The molecular weight excluding hydrogens is 329 g/mol. The summed E-state index contributed by atoms with van der Waals surface area (Å²) in [7, 11) is -3.15. The highest BCUT2D eigenvalue weighted by Crippen LogP contribution is 2.21. The fraction of sp³-hybridized carbons (Fsp3) is 0.200. The summed E-state index contributed by atoms with van der Waals surface area (Å²) in [5.74, 6) is 0. The van der Waals surface area contributed by atoms with Crippen LogP contribution >= 0.6 is 23.2 Å². The lowest BCUT2D eigenvalue weighted by Gasteiger charge is -2.08. The molecule has 0 saturated heterocycles. The molecule has 112 valence electrons. The molecule has 3 nitrogen and oxygen atoms in total. The van der Waals surface area contributed by atoms with E-state index in [1.54, 1.807) is 30.3 Å². The number of rotatable bonds is 5. The van der Waals surface area contributed by atoms with E-state index in [9.17, 15) is 8.42 Å². The number of hydrogen-bond donors (Lipinski definition) is 1. The van der Waals surface area contributed by atoms with Gasteiger partial charge in [-0.1, -0.05) is 29.3 Å². The van der Waals surface area contributed by atoms with Crippen LogP contribution in [0.15, 0.2) is 47.4 Å². The topological polar surface area (TPSA) is 46.2 Å². The van der Waals surface area contributed by atoms with Gasteiger partial charge in [0, 0.05) is 28.5 Å². The standard InChI is InChI=1S/C15H15Cl2NO2S/c1-21(19,20)14-6-4-13(5-7-14)18-9-8-11-2-3-12(16)10-15(11)17/h2-7,10,18H,8-9H2,1H3. The highest BCUT2D eigenvalue weighted by molar-refractivity contribution is 7.90. The van der Waals surface area contributed by atoms with Crippen LogP contribution in [0.2, 0.25) is 10.0 Å². The van der Waals surface area contributed by atoms with Gasteiger partial charge in [0.15, 0.2) is 9.84 Å². The summed E-state index contributed by atoms with van der Waals surface area (Å²) in [5, 5.41) is 4.50. The van der Waals surface area contributed by atoms with Crippen LogP contribution in [0.1, 0.15) is 5.56 Å². The van der Waals surface area contributed by atoms with Gasteiger partial charge >= 0.3 is 0 Å². The summed E-state index contributed by atoms with van der Waals surface area (Å²) in [6.07, 6.45) is 1.95. The summed E-state index contributed by atoms with van der Waals surface area (Å²) in [6, 6.07) is 12.1. The number of nitrogens with one attached hydrogen (secondary N) is 1. The first-order valence-corrected chi connectivity index (χ1v) is 8.99. The van der Waals surface area contributed by atoms with E-state index in [2.05, 4.69) is 5.32 Å². The molecule has 0 bridgehead atoms. The van der Waals surface area contributed by atoms with Crippen LogP contribution in [-0.4, -0.2) is 21.2 Å². The molecule has 0 aliphatic heterocycles. The van der Waals surface area contributed by atoms with Gasteiger partial charge in [0.2, 0.25) is 0 Å². The maximum absolute atomic E-state index is 11.4. The van der Waals surface area contributed by atoms with E-state index in [4.69, 9.17) is 23.2 Å². The molecule has 0 amide bonds. The van der Waals surface area contributed by atoms with Crippen molar-refractivity contribution in [2.24, 2.45) is 0 Å². The summed E-state index contributed by atoms with van der Waals surface area (Å²) >= 11 is 12.0. The van der Waals surface area contributed by atoms with Crippen LogP contribution in [0.25, 0.3) is 0 Å². The summed E-state index contributed by atoms with van der Waals surface area (Å²) in [6.45, 7) is 0.694. The molecule has 21 heavy (non-hydrogen) atoms. The molecule has 0 aliphatic rings.